The van der Waals surface area contributed by atoms with Gasteiger partial charge in [-0.2, -0.15) is 20.4 Å². The zero-order valence-corrected chi connectivity index (χ0v) is 10.9. The zero-order chi connectivity index (χ0) is 13.8. The van der Waals surface area contributed by atoms with Crippen LogP contribution in [0.25, 0.3) is 11.5 Å². The van der Waals surface area contributed by atoms with Crippen LogP contribution in [0.15, 0.2) is 41.1 Å². The molecule has 0 aliphatic carbocycles. The molecule has 7 nitrogen and oxygen atoms in total. The van der Waals surface area contributed by atoms with Crippen LogP contribution in [0.5, 0.6) is 0 Å². The molecule has 0 saturated carbocycles. The number of aromatic nitrogens is 5. The second-order valence-corrected chi connectivity index (χ2v) is 4.32. The lowest BCUT2D eigenvalue weighted by Crippen LogP contribution is -2.18. The molecular formula is C13H14N6O. The molecule has 0 aliphatic heterocycles. The highest BCUT2D eigenvalue weighted by atomic mass is 16.5. The third-order valence-electron chi connectivity index (χ3n) is 3.04. The highest BCUT2D eigenvalue weighted by Gasteiger charge is 2.16. The smallest absolute Gasteiger partial charge is 0.228 e. The molecule has 3 aromatic rings. The zero-order valence-electron chi connectivity index (χ0n) is 10.9. The van der Waals surface area contributed by atoms with Crippen molar-refractivity contribution in [3.63, 3.8) is 0 Å². The van der Waals surface area contributed by atoms with Gasteiger partial charge in [-0.25, -0.2) is 0 Å². The van der Waals surface area contributed by atoms with Crippen LogP contribution in [-0.4, -0.2) is 32.6 Å². The summed E-state index contributed by atoms with van der Waals surface area (Å²) in [6.07, 6.45) is 2.17. The Bertz CT molecular complexity index is 649. The van der Waals surface area contributed by atoms with Gasteiger partial charge in [-0.3, -0.25) is 0 Å². The summed E-state index contributed by atoms with van der Waals surface area (Å²) in [4.78, 5) is 4.33. The van der Waals surface area contributed by atoms with Crippen molar-refractivity contribution in [1.82, 2.24) is 30.9 Å². The summed E-state index contributed by atoms with van der Waals surface area (Å²) in [5, 5.41) is 17.3. The first-order chi connectivity index (χ1) is 9.86. The van der Waals surface area contributed by atoms with E-state index < -0.39 is 0 Å². The fourth-order valence-corrected chi connectivity index (χ4v) is 2.00. The van der Waals surface area contributed by atoms with Crippen LogP contribution in [-0.2, 0) is 6.42 Å². The number of hydrogen-bond donors (Lipinski definition) is 2. The Labute approximate surface area is 115 Å². The van der Waals surface area contributed by atoms with Gasteiger partial charge in [-0.05, 0) is 12.6 Å². The van der Waals surface area contributed by atoms with Crippen molar-refractivity contribution in [1.29, 1.82) is 0 Å². The number of aromatic amines is 1. The van der Waals surface area contributed by atoms with Crippen LogP contribution < -0.4 is 5.32 Å². The molecule has 3 rings (SSSR count). The van der Waals surface area contributed by atoms with Crippen molar-refractivity contribution in [2.75, 3.05) is 7.05 Å². The molecule has 20 heavy (non-hydrogen) atoms. The van der Waals surface area contributed by atoms with Crippen LogP contribution in [0.3, 0.4) is 0 Å². The Balaban J connectivity index is 1.77. The monoisotopic (exact) mass is 270 g/mol. The topological polar surface area (TPSA) is 92.5 Å². The van der Waals surface area contributed by atoms with E-state index in [1.165, 1.54) is 5.56 Å². The number of benzene rings is 1. The molecule has 0 fully saturated rings. The van der Waals surface area contributed by atoms with Crippen LogP contribution in [0.4, 0.5) is 0 Å². The summed E-state index contributed by atoms with van der Waals surface area (Å²) in [5.74, 6) is 1.00. The van der Waals surface area contributed by atoms with Crippen molar-refractivity contribution in [2.45, 2.75) is 12.5 Å². The number of rotatable bonds is 5. The first-order valence-corrected chi connectivity index (χ1v) is 6.28. The maximum absolute atomic E-state index is 5.26. The molecule has 0 radical (unpaired) electrons. The average Bonchev–Trinajstić information content (AvgIpc) is 3.16. The van der Waals surface area contributed by atoms with Gasteiger partial charge in [-0.1, -0.05) is 35.5 Å². The fraction of sp³-hybridized carbons (Fsp3) is 0.231. The molecular weight excluding hydrogens is 256 g/mol. The van der Waals surface area contributed by atoms with Crippen molar-refractivity contribution in [3.05, 3.63) is 48.0 Å². The summed E-state index contributed by atoms with van der Waals surface area (Å²) in [7, 11) is 1.91. The first-order valence-electron chi connectivity index (χ1n) is 6.28. The Morgan fingerprint density at radius 2 is 2.15 bits per heavy atom. The molecule has 102 valence electrons. The van der Waals surface area contributed by atoms with Crippen molar-refractivity contribution in [3.8, 4) is 11.5 Å². The lowest BCUT2D eigenvalue weighted by atomic mass is 10.0. The van der Waals surface area contributed by atoms with E-state index in [1.807, 2.05) is 25.2 Å². The highest BCUT2D eigenvalue weighted by Crippen LogP contribution is 2.18. The third-order valence-corrected chi connectivity index (χ3v) is 3.04. The summed E-state index contributed by atoms with van der Waals surface area (Å²) >= 11 is 0. The molecule has 0 saturated heterocycles. The van der Waals surface area contributed by atoms with Crippen LogP contribution in [0.2, 0.25) is 0 Å². The lowest BCUT2D eigenvalue weighted by Gasteiger charge is -2.13. The molecule has 7 heteroatoms. The van der Waals surface area contributed by atoms with E-state index >= 15 is 0 Å². The number of H-pyrrole nitrogens is 1. The molecule has 0 spiro atoms. The predicted octanol–water partition coefficient (Wildman–Crippen LogP) is 1.36. The van der Waals surface area contributed by atoms with Crippen LogP contribution in [0, 0.1) is 0 Å². The normalized spacial score (nSPS) is 12.4. The SMILES string of the molecule is CNC(Cc1nc(-c2cn[nH]n2)no1)c1ccccc1. The molecule has 1 aromatic carbocycles. The van der Waals surface area contributed by atoms with Crippen molar-refractivity contribution < 1.29 is 4.52 Å². The van der Waals surface area contributed by atoms with Gasteiger partial charge in [0.25, 0.3) is 0 Å². The Hall–Kier alpha value is -2.54. The third kappa shape index (κ3) is 2.57. The summed E-state index contributed by atoms with van der Waals surface area (Å²) in [5.41, 5.74) is 1.75. The van der Waals surface area contributed by atoms with E-state index in [0.717, 1.165) is 0 Å². The number of nitrogens with one attached hydrogen (secondary N) is 2. The molecule has 0 bridgehead atoms. The van der Waals surface area contributed by atoms with Gasteiger partial charge < -0.3 is 9.84 Å². The molecule has 2 heterocycles. The maximum Gasteiger partial charge on any atom is 0.228 e. The predicted molar refractivity (Wildman–Crippen MR) is 71.6 cm³/mol. The fourth-order valence-electron chi connectivity index (χ4n) is 2.00. The number of nitrogens with zero attached hydrogens (tertiary/aromatic N) is 4. The van der Waals surface area contributed by atoms with Gasteiger partial charge in [-0.15, -0.1) is 0 Å². The minimum absolute atomic E-state index is 0.127. The minimum atomic E-state index is 0.127. The largest absolute Gasteiger partial charge is 0.339 e. The summed E-state index contributed by atoms with van der Waals surface area (Å²) < 4.78 is 5.26. The standard InChI is InChI=1S/C13H14N6O/c1-14-10(9-5-3-2-4-6-9)7-12-16-13(18-20-12)11-8-15-19-17-11/h2-6,8,10,14H,7H2,1H3,(H,15,17,19). The van der Waals surface area contributed by atoms with E-state index in [0.29, 0.717) is 23.8 Å². The van der Waals surface area contributed by atoms with E-state index in [-0.39, 0.29) is 6.04 Å². The van der Waals surface area contributed by atoms with E-state index in [9.17, 15) is 0 Å². The maximum atomic E-state index is 5.26. The van der Waals surface area contributed by atoms with Crippen LogP contribution >= 0.6 is 0 Å². The van der Waals surface area contributed by atoms with Gasteiger partial charge in [0.2, 0.25) is 11.7 Å². The summed E-state index contributed by atoms with van der Waals surface area (Å²) in [6.45, 7) is 0. The number of hydrogen-bond acceptors (Lipinski definition) is 6. The molecule has 2 N–H and O–H groups in total. The Kier molecular flexibility index (Phi) is 3.51. The Morgan fingerprint density at radius 3 is 2.85 bits per heavy atom. The lowest BCUT2D eigenvalue weighted by molar-refractivity contribution is 0.362. The molecule has 2 aromatic heterocycles. The molecule has 0 amide bonds. The van der Waals surface area contributed by atoms with Crippen LogP contribution in [0.1, 0.15) is 17.5 Å². The molecule has 0 aliphatic rings. The average molecular weight is 270 g/mol. The van der Waals surface area contributed by atoms with Crippen molar-refractivity contribution in [2.24, 2.45) is 0 Å². The van der Waals surface area contributed by atoms with Gasteiger partial charge in [0, 0.05) is 12.5 Å². The van der Waals surface area contributed by atoms with Gasteiger partial charge in [0.05, 0.1) is 6.20 Å². The minimum Gasteiger partial charge on any atom is -0.339 e. The van der Waals surface area contributed by atoms with E-state index in [4.69, 9.17) is 4.52 Å². The number of likely N-dealkylation sites (N-methyl/N-ethyl adjacent to an activating group) is 1. The summed E-state index contributed by atoms with van der Waals surface area (Å²) in [6, 6.07) is 10.3. The second-order valence-electron chi connectivity index (χ2n) is 4.32. The second kappa shape index (κ2) is 5.62. The van der Waals surface area contributed by atoms with Gasteiger partial charge >= 0.3 is 0 Å². The van der Waals surface area contributed by atoms with Crippen molar-refractivity contribution >= 4 is 0 Å². The molecule has 1 atom stereocenters. The van der Waals surface area contributed by atoms with E-state index in [2.05, 4.69) is 43.0 Å². The van der Waals surface area contributed by atoms with E-state index in [1.54, 1.807) is 6.20 Å². The van der Waals surface area contributed by atoms with Gasteiger partial charge in [0.15, 0.2) is 5.69 Å². The Morgan fingerprint density at radius 1 is 1.30 bits per heavy atom. The quantitative estimate of drug-likeness (QED) is 0.727. The first kappa shape index (κ1) is 12.5. The highest BCUT2D eigenvalue weighted by molar-refractivity contribution is 5.44. The molecule has 1 unspecified atom stereocenters. The van der Waals surface area contributed by atoms with Gasteiger partial charge in [0.1, 0.15) is 0 Å².